The molecule has 69 heavy (non-hydrogen) atoms. The molecule has 5 heterocycles. The third-order valence-electron chi connectivity index (χ3n) is 12.8. The number of aromatic carboxylic acids is 1. The lowest BCUT2D eigenvalue weighted by molar-refractivity contribution is -0.139. The Kier molecular flexibility index (Phi) is 14.3. The van der Waals surface area contributed by atoms with Gasteiger partial charge in [-0.2, -0.15) is 4.31 Å². The van der Waals surface area contributed by atoms with Gasteiger partial charge in [0.15, 0.2) is 17.2 Å². The Morgan fingerprint density at radius 1 is 0.942 bits per heavy atom. The number of nitrogens with one attached hydrogen (secondary N) is 3. The third kappa shape index (κ3) is 10.8. The molecule has 8 rings (SSSR count). The molecule has 3 fully saturated rings. The number of carboxylic acids is 2. The summed E-state index contributed by atoms with van der Waals surface area (Å²) in [4.78, 5) is 64.5. The van der Waals surface area contributed by atoms with E-state index in [0.29, 0.717) is 90.2 Å². The van der Waals surface area contributed by atoms with Crippen LogP contribution in [-0.4, -0.2) is 106 Å². The molecule has 1 unspecified atom stereocenters. The molecule has 2 atom stereocenters. The number of amides is 2. The van der Waals surface area contributed by atoms with Crippen molar-refractivity contribution in [3.8, 4) is 16.2 Å². The number of fused-ring (bicyclic) bond motifs is 1. The number of carboxylic acid groups (broad SMARTS) is 2. The first-order valence-corrected chi connectivity index (χ1v) is 25.3. The van der Waals surface area contributed by atoms with Crippen LogP contribution in [0, 0.1) is 0 Å². The summed E-state index contributed by atoms with van der Waals surface area (Å²) >= 11 is 7.40. The van der Waals surface area contributed by atoms with Gasteiger partial charge in [0, 0.05) is 61.0 Å². The number of benzene rings is 3. The van der Waals surface area contributed by atoms with Gasteiger partial charge in [0.1, 0.15) is 17.7 Å². The summed E-state index contributed by atoms with van der Waals surface area (Å²) in [6.45, 7) is 8.30. The molecule has 0 spiro atoms. The van der Waals surface area contributed by atoms with Gasteiger partial charge in [0.05, 0.1) is 27.8 Å². The predicted octanol–water partition coefficient (Wildman–Crippen LogP) is 6.66. The Morgan fingerprint density at radius 3 is 2.39 bits per heavy atom. The van der Waals surface area contributed by atoms with Crippen molar-refractivity contribution in [1.82, 2.24) is 18.8 Å². The van der Waals surface area contributed by atoms with Crippen LogP contribution in [0.2, 0.25) is 5.02 Å². The zero-order valence-corrected chi connectivity index (χ0v) is 40.7. The van der Waals surface area contributed by atoms with Crippen LogP contribution >= 0.6 is 22.9 Å². The fraction of sp³-hybridized carbons (Fsp3) is 0.396. The highest BCUT2D eigenvalue weighted by molar-refractivity contribution is 7.88. The smallest absolute Gasteiger partial charge is 0.349 e. The number of nitrogens with zero attached hydrogens (tertiary/aromatic N) is 4. The van der Waals surface area contributed by atoms with Crippen LogP contribution in [0.5, 0.6) is 5.75 Å². The van der Waals surface area contributed by atoms with Gasteiger partial charge in [-0.25, -0.2) is 22.8 Å². The third-order valence-corrected chi connectivity index (χ3v) is 16.5. The normalized spacial score (nSPS) is 19.0. The van der Waals surface area contributed by atoms with Crippen LogP contribution in [-0.2, 0) is 41.9 Å². The highest BCUT2D eigenvalue weighted by Gasteiger charge is 2.42. The number of carbonyl (C=O) groups is 4. The van der Waals surface area contributed by atoms with E-state index in [1.54, 1.807) is 58.6 Å². The van der Waals surface area contributed by atoms with Crippen LogP contribution < -0.4 is 31.3 Å². The second kappa shape index (κ2) is 20.0. The maximum Gasteiger partial charge on any atom is 0.349 e. The molecule has 2 amide bonds. The van der Waals surface area contributed by atoms with Gasteiger partial charge in [-0.1, -0.05) is 42.4 Å². The van der Waals surface area contributed by atoms with Gasteiger partial charge in [-0.15, -0.1) is 11.3 Å². The molecule has 0 saturated carbocycles. The van der Waals surface area contributed by atoms with Crippen LogP contribution in [0.15, 0.2) is 83.8 Å². The number of sulfonamides is 1. The first kappa shape index (κ1) is 49.2. The number of aryl methyl sites for hydroxylation is 1. The Bertz CT molecular complexity index is 3010. The summed E-state index contributed by atoms with van der Waals surface area (Å²) in [5, 5.41) is 27.9. The highest BCUT2D eigenvalue weighted by Crippen LogP contribution is 2.46. The van der Waals surface area contributed by atoms with Crippen molar-refractivity contribution in [2.45, 2.75) is 81.9 Å². The zero-order valence-electron chi connectivity index (χ0n) is 38.3. The second-order valence-electron chi connectivity index (χ2n) is 18.2. The molecule has 3 aliphatic rings. The number of imidazole rings is 1. The Hall–Kier alpha value is -6.19. The Morgan fingerprint density at radius 2 is 1.68 bits per heavy atom. The van der Waals surface area contributed by atoms with E-state index in [9.17, 15) is 37.5 Å². The summed E-state index contributed by atoms with van der Waals surface area (Å²) in [6, 6.07) is 19.1. The van der Waals surface area contributed by atoms with E-state index >= 15 is 0 Å². The average molecular weight is 1000 g/mol. The van der Waals surface area contributed by atoms with Crippen LogP contribution in [0.4, 0.5) is 17.1 Å². The highest BCUT2D eigenvalue weighted by atomic mass is 35.5. The molecule has 5 N–H and O–H groups in total. The lowest BCUT2D eigenvalue weighted by Crippen LogP contribution is -2.55. The van der Waals surface area contributed by atoms with Crippen LogP contribution in [0.25, 0.3) is 21.5 Å². The van der Waals surface area contributed by atoms with E-state index in [1.807, 2.05) is 38.1 Å². The lowest BCUT2D eigenvalue weighted by Gasteiger charge is -2.45. The quantitative estimate of drug-likeness (QED) is 0.0698. The van der Waals surface area contributed by atoms with Crippen molar-refractivity contribution < 1.29 is 47.3 Å². The summed E-state index contributed by atoms with van der Waals surface area (Å²) < 4.78 is 43.9. The molecular formula is C48H54ClN7O11S2. The molecular weight excluding hydrogens is 950 g/mol. The number of aliphatic carboxylic acids is 1. The molecule has 21 heteroatoms. The van der Waals surface area contributed by atoms with Gasteiger partial charge in [0.25, 0.3) is 0 Å². The standard InChI is InChI=1S/C48H54ClN7O11S2/c1-28-11-13-37(45(60)50-28)56-36-14-12-34(23-38(36)53(4)47(56)63)54-18-16-35(17-19-54)66-25-39(57)52-31-9-5-7-29(21-31)27-69(64,65)55-20-15-33(24-48(55,2)3)51-32-10-6-8-30(22-32)43-41(49)42(67-26-40(58)59)44(68-43)46(61)62/h5-10,12,14,21-23,33,35,37,51H,1,11,13,15-20,24-27H2,2-4H3,(H,50,60)(H,52,57)(H,58,59)(H,61,62)/t33-,37?/m0/s1. The zero-order chi connectivity index (χ0) is 49.4. The minimum Gasteiger partial charge on any atom is -0.479 e. The summed E-state index contributed by atoms with van der Waals surface area (Å²) in [6.07, 6.45) is 3.31. The number of halogens is 1. The van der Waals surface area contributed by atoms with Crippen molar-refractivity contribution in [3.05, 3.63) is 105 Å². The Labute approximate surface area is 407 Å². The van der Waals surface area contributed by atoms with Crippen LogP contribution in [0.1, 0.15) is 73.6 Å². The van der Waals surface area contributed by atoms with E-state index in [-0.39, 0.29) is 64.2 Å². The molecule has 5 aromatic rings. The molecule has 3 saturated heterocycles. The molecule has 2 aromatic heterocycles. The fourth-order valence-corrected chi connectivity index (χ4v) is 12.9. The fourth-order valence-electron chi connectivity index (χ4n) is 9.55. The summed E-state index contributed by atoms with van der Waals surface area (Å²) in [5.41, 5.74) is 4.30. The maximum atomic E-state index is 14.0. The van der Waals surface area contributed by atoms with E-state index in [4.69, 9.17) is 26.2 Å². The van der Waals surface area contributed by atoms with Gasteiger partial charge in [-0.05, 0) is 106 Å². The number of ether oxygens (including phenoxy) is 2. The number of rotatable bonds is 16. The molecule has 366 valence electrons. The van der Waals surface area contributed by atoms with E-state index in [1.165, 1.54) is 4.31 Å². The number of thiophene rings is 1. The van der Waals surface area contributed by atoms with Crippen molar-refractivity contribution in [2.24, 2.45) is 7.05 Å². The van der Waals surface area contributed by atoms with Crippen molar-refractivity contribution in [2.75, 3.05) is 48.4 Å². The predicted molar refractivity (Wildman–Crippen MR) is 264 cm³/mol. The maximum absolute atomic E-state index is 14.0. The number of carbonyl (C=O) groups excluding carboxylic acids is 2. The number of piperidine rings is 3. The first-order chi connectivity index (χ1) is 32.8. The number of hydrogen-bond donors (Lipinski definition) is 5. The number of hydrogen-bond acceptors (Lipinski definition) is 12. The summed E-state index contributed by atoms with van der Waals surface area (Å²) in [7, 11) is -2.09. The van der Waals surface area contributed by atoms with Crippen molar-refractivity contribution >= 4 is 84.8 Å². The largest absolute Gasteiger partial charge is 0.479 e. The molecule has 18 nitrogen and oxygen atoms in total. The topological polar surface area (TPSA) is 231 Å². The van der Waals surface area contributed by atoms with Crippen LogP contribution in [0.3, 0.4) is 0 Å². The second-order valence-corrected chi connectivity index (χ2v) is 21.5. The summed E-state index contributed by atoms with van der Waals surface area (Å²) in [5.74, 6) is -3.63. The van der Waals surface area contributed by atoms with Gasteiger partial charge in [0.2, 0.25) is 21.8 Å². The minimum atomic E-state index is -3.80. The first-order valence-electron chi connectivity index (χ1n) is 22.5. The molecule has 3 aromatic carbocycles. The van der Waals surface area contributed by atoms with Gasteiger partial charge in [-0.3, -0.25) is 18.7 Å². The molecule has 0 radical (unpaired) electrons. The van der Waals surface area contributed by atoms with E-state index < -0.39 is 40.1 Å². The molecule has 3 aliphatic heterocycles. The minimum absolute atomic E-state index is 0.00126. The van der Waals surface area contributed by atoms with Gasteiger partial charge >= 0.3 is 17.6 Å². The van der Waals surface area contributed by atoms with E-state index in [0.717, 1.165) is 22.5 Å². The molecule has 0 aliphatic carbocycles. The van der Waals surface area contributed by atoms with Crippen molar-refractivity contribution in [3.63, 3.8) is 0 Å². The SMILES string of the molecule is C=C1CCC(n2c(=O)n(C)c3cc(N4CCC(OCC(=O)Nc5cccc(CS(=O)(=O)N6CC[C@H](Nc7cccc(-c8sc(C(=O)O)c(OCC(=O)O)c8Cl)c7)CC6(C)C)c5)CC4)ccc32)C(=O)N1. The van der Waals surface area contributed by atoms with Crippen molar-refractivity contribution in [1.29, 1.82) is 0 Å². The number of anilines is 3. The molecule has 0 bridgehead atoms. The Balaban J connectivity index is 0.817. The lowest BCUT2D eigenvalue weighted by atomic mass is 9.89. The average Bonchev–Trinajstić information content (AvgIpc) is 3.75. The number of allylic oxidation sites excluding steroid dienone is 1. The van der Waals surface area contributed by atoms with E-state index in [2.05, 4.69) is 27.4 Å². The number of aromatic nitrogens is 2. The van der Waals surface area contributed by atoms with Gasteiger partial charge < -0.3 is 40.5 Å². The monoisotopic (exact) mass is 1000 g/mol.